The van der Waals surface area contributed by atoms with Gasteiger partial charge in [0.25, 0.3) is 0 Å². The molecular formula is C18H34N2O2. The van der Waals surface area contributed by atoms with E-state index in [0.29, 0.717) is 31.0 Å². The number of nitrogens with one attached hydrogen (secondary N) is 1. The Balaban J connectivity index is 1.94. The van der Waals surface area contributed by atoms with Gasteiger partial charge in [0.2, 0.25) is 5.91 Å². The van der Waals surface area contributed by atoms with Crippen molar-refractivity contribution in [3.05, 3.63) is 0 Å². The average Bonchev–Trinajstić information content (AvgIpc) is 2.47. The first-order chi connectivity index (χ1) is 10.5. The first-order valence-electron chi connectivity index (χ1n) is 9.17. The summed E-state index contributed by atoms with van der Waals surface area (Å²) in [6.07, 6.45) is 7.78. The first kappa shape index (κ1) is 17.7. The highest BCUT2D eigenvalue weighted by atomic mass is 16.3. The number of hydrogen-bond acceptors (Lipinski definition) is 3. The van der Waals surface area contributed by atoms with Gasteiger partial charge in [-0.2, -0.15) is 0 Å². The molecule has 0 radical (unpaired) electrons. The van der Waals surface area contributed by atoms with Gasteiger partial charge in [0.05, 0.1) is 6.10 Å². The molecule has 22 heavy (non-hydrogen) atoms. The number of likely N-dealkylation sites (tertiary alicyclic amines) is 1. The minimum atomic E-state index is -0.342. The van der Waals surface area contributed by atoms with Crippen molar-refractivity contribution in [3.8, 4) is 0 Å². The number of aliphatic hydroxyl groups excluding tert-OH is 1. The lowest BCUT2D eigenvalue weighted by Gasteiger charge is -2.41. The van der Waals surface area contributed by atoms with Gasteiger partial charge in [-0.3, -0.25) is 4.79 Å². The number of carbonyl (C=O) groups excluding carboxylic acids is 1. The zero-order valence-electron chi connectivity index (χ0n) is 14.6. The van der Waals surface area contributed by atoms with Crippen LogP contribution in [0.4, 0.5) is 0 Å². The maximum atomic E-state index is 12.4. The van der Waals surface area contributed by atoms with E-state index in [1.54, 1.807) is 0 Å². The van der Waals surface area contributed by atoms with Crippen LogP contribution in [0.2, 0.25) is 0 Å². The zero-order valence-corrected chi connectivity index (χ0v) is 14.6. The van der Waals surface area contributed by atoms with Crippen LogP contribution in [0.15, 0.2) is 0 Å². The molecule has 0 bridgehead atoms. The van der Waals surface area contributed by atoms with Crippen LogP contribution in [-0.2, 0) is 4.79 Å². The van der Waals surface area contributed by atoms with Crippen LogP contribution in [0.5, 0.6) is 0 Å². The summed E-state index contributed by atoms with van der Waals surface area (Å²) in [5.74, 6) is 0.839. The molecule has 0 spiro atoms. The summed E-state index contributed by atoms with van der Waals surface area (Å²) in [5, 5.41) is 13.8. The van der Waals surface area contributed by atoms with Gasteiger partial charge in [-0.05, 0) is 32.1 Å². The van der Waals surface area contributed by atoms with Crippen LogP contribution in [0.25, 0.3) is 0 Å². The molecular weight excluding hydrogens is 276 g/mol. The fraction of sp³-hybridized carbons (Fsp3) is 0.944. The summed E-state index contributed by atoms with van der Waals surface area (Å²) in [6, 6.07) is 0.945. The summed E-state index contributed by atoms with van der Waals surface area (Å²) < 4.78 is 0. The molecule has 3 atom stereocenters. The molecule has 0 aromatic heterocycles. The largest absolute Gasteiger partial charge is 0.393 e. The number of nitrogens with zero attached hydrogens (tertiary/aromatic N) is 1. The van der Waals surface area contributed by atoms with Crippen molar-refractivity contribution in [1.29, 1.82) is 0 Å². The van der Waals surface area contributed by atoms with Crippen LogP contribution in [0.3, 0.4) is 0 Å². The topological polar surface area (TPSA) is 52.6 Å². The van der Waals surface area contributed by atoms with Gasteiger partial charge in [-0.25, -0.2) is 0 Å². The molecule has 4 nitrogen and oxygen atoms in total. The van der Waals surface area contributed by atoms with Crippen molar-refractivity contribution in [2.24, 2.45) is 11.8 Å². The Morgan fingerprint density at radius 3 is 2.41 bits per heavy atom. The van der Waals surface area contributed by atoms with Gasteiger partial charge < -0.3 is 15.3 Å². The average molecular weight is 310 g/mol. The van der Waals surface area contributed by atoms with Gasteiger partial charge >= 0.3 is 0 Å². The summed E-state index contributed by atoms with van der Waals surface area (Å²) in [5.41, 5.74) is 0. The molecule has 2 rings (SSSR count). The first-order valence-corrected chi connectivity index (χ1v) is 9.17. The van der Waals surface area contributed by atoms with Crippen molar-refractivity contribution in [2.75, 3.05) is 13.1 Å². The third kappa shape index (κ3) is 5.24. The number of carbonyl (C=O) groups is 1. The molecule has 1 aliphatic carbocycles. The molecule has 4 heteroatoms. The van der Waals surface area contributed by atoms with Crippen molar-refractivity contribution >= 4 is 5.91 Å². The molecule has 1 amide bonds. The van der Waals surface area contributed by atoms with Crippen LogP contribution < -0.4 is 5.32 Å². The fourth-order valence-electron chi connectivity index (χ4n) is 3.89. The van der Waals surface area contributed by atoms with Crippen molar-refractivity contribution in [3.63, 3.8) is 0 Å². The molecule has 0 aromatic carbocycles. The predicted octanol–water partition coefficient (Wildman–Crippen LogP) is 2.55. The number of rotatable bonds is 5. The number of aliphatic hydroxyl groups is 1. The van der Waals surface area contributed by atoms with Crippen LogP contribution in [0.1, 0.15) is 65.7 Å². The monoisotopic (exact) mass is 310 g/mol. The van der Waals surface area contributed by atoms with E-state index in [9.17, 15) is 9.90 Å². The maximum Gasteiger partial charge on any atom is 0.222 e. The molecule has 128 valence electrons. The molecule has 3 unspecified atom stereocenters. The minimum Gasteiger partial charge on any atom is -0.393 e. The van der Waals surface area contributed by atoms with Crippen LogP contribution >= 0.6 is 0 Å². The second kappa shape index (κ2) is 8.30. The molecule has 2 N–H and O–H groups in total. The fourth-order valence-corrected chi connectivity index (χ4v) is 3.89. The van der Waals surface area contributed by atoms with Gasteiger partial charge in [0.1, 0.15) is 0 Å². The third-order valence-corrected chi connectivity index (χ3v) is 5.18. The van der Waals surface area contributed by atoms with Gasteiger partial charge in [0, 0.05) is 37.5 Å². The van der Waals surface area contributed by atoms with E-state index in [-0.39, 0.29) is 17.9 Å². The number of hydrogen-bond donors (Lipinski definition) is 2. The lowest BCUT2D eigenvalue weighted by Crippen LogP contribution is -2.55. The maximum absolute atomic E-state index is 12.4. The molecule has 1 aliphatic heterocycles. The molecule has 0 aromatic rings. The van der Waals surface area contributed by atoms with E-state index >= 15 is 0 Å². The van der Waals surface area contributed by atoms with E-state index < -0.39 is 0 Å². The summed E-state index contributed by atoms with van der Waals surface area (Å²) in [6.45, 7) is 7.56. The Morgan fingerprint density at radius 1 is 1.14 bits per heavy atom. The molecule has 2 aliphatic rings. The van der Waals surface area contributed by atoms with Gasteiger partial charge in [-0.1, -0.05) is 33.1 Å². The predicted molar refractivity (Wildman–Crippen MR) is 89.6 cm³/mol. The highest BCUT2D eigenvalue weighted by Crippen LogP contribution is 2.24. The van der Waals surface area contributed by atoms with E-state index in [2.05, 4.69) is 19.2 Å². The third-order valence-electron chi connectivity index (χ3n) is 5.18. The Hall–Kier alpha value is -0.610. The second-order valence-corrected chi connectivity index (χ2v) is 7.83. The molecule has 1 saturated heterocycles. The van der Waals surface area contributed by atoms with Crippen molar-refractivity contribution in [1.82, 2.24) is 10.2 Å². The molecule has 1 saturated carbocycles. The summed E-state index contributed by atoms with van der Waals surface area (Å²) >= 11 is 0. The van der Waals surface area contributed by atoms with Crippen LogP contribution in [-0.4, -0.2) is 47.2 Å². The summed E-state index contributed by atoms with van der Waals surface area (Å²) in [7, 11) is 0. The molecule has 1 heterocycles. The summed E-state index contributed by atoms with van der Waals surface area (Å²) in [4.78, 5) is 14.4. The molecule has 2 fully saturated rings. The van der Waals surface area contributed by atoms with Gasteiger partial charge in [0.15, 0.2) is 0 Å². The smallest absolute Gasteiger partial charge is 0.222 e. The van der Waals surface area contributed by atoms with Crippen molar-refractivity contribution < 1.29 is 9.90 Å². The normalized spacial score (nSPS) is 28.9. The Kier molecular flexibility index (Phi) is 6.69. The minimum absolute atomic E-state index is 0.200. The second-order valence-electron chi connectivity index (χ2n) is 7.83. The lowest BCUT2D eigenvalue weighted by atomic mass is 9.88. The highest BCUT2D eigenvalue weighted by Gasteiger charge is 2.33. The Labute approximate surface area is 135 Å². The SMILES string of the molecule is CC(C)CC(=O)N1CC(NC2CCCCC2)CC(C(C)O)C1. The lowest BCUT2D eigenvalue weighted by molar-refractivity contribution is -0.135. The number of amides is 1. The van der Waals surface area contributed by atoms with E-state index in [0.717, 1.165) is 13.0 Å². The Bertz CT molecular complexity index is 351. The van der Waals surface area contributed by atoms with Crippen LogP contribution in [0, 0.1) is 11.8 Å². The van der Waals surface area contributed by atoms with E-state index in [1.165, 1.54) is 32.1 Å². The Morgan fingerprint density at radius 2 is 1.82 bits per heavy atom. The highest BCUT2D eigenvalue weighted by molar-refractivity contribution is 5.76. The zero-order chi connectivity index (χ0) is 16.1. The number of piperidine rings is 1. The van der Waals surface area contributed by atoms with E-state index in [4.69, 9.17) is 0 Å². The van der Waals surface area contributed by atoms with Gasteiger partial charge in [-0.15, -0.1) is 0 Å². The van der Waals surface area contributed by atoms with E-state index in [1.807, 2.05) is 11.8 Å². The quantitative estimate of drug-likeness (QED) is 0.820. The van der Waals surface area contributed by atoms with Crippen molar-refractivity contribution in [2.45, 2.75) is 83.9 Å². The standard InChI is InChI=1S/C18H34N2O2/c1-13(2)9-18(22)20-11-15(14(3)21)10-17(12-20)19-16-7-5-4-6-8-16/h13-17,19,21H,4-12H2,1-3H3.